The molecule has 0 unspecified atom stereocenters. The summed E-state index contributed by atoms with van der Waals surface area (Å²) in [6.07, 6.45) is 9.69. The van der Waals surface area contributed by atoms with Gasteiger partial charge in [0, 0.05) is 44.4 Å². The number of carbonyl (C=O) groups is 1. The van der Waals surface area contributed by atoms with Crippen LogP contribution in [0.4, 0.5) is 0 Å². The first-order chi connectivity index (χ1) is 15.1. The third-order valence-corrected chi connectivity index (χ3v) is 5.92. The molecule has 1 fully saturated rings. The van der Waals surface area contributed by atoms with E-state index in [1.165, 1.54) is 42.8 Å². The second-order valence-electron chi connectivity index (χ2n) is 8.36. The number of allylic oxidation sites excluding steroid dienone is 1. The van der Waals surface area contributed by atoms with Gasteiger partial charge in [-0.1, -0.05) is 18.6 Å². The minimum atomic E-state index is -0.0746. The third kappa shape index (κ3) is 5.25. The summed E-state index contributed by atoms with van der Waals surface area (Å²) in [5.74, 6) is 1.96. The van der Waals surface area contributed by atoms with Crippen LogP contribution in [0.5, 0.6) is 17.4 Å². The summed E-state index contributed by atoms with van der Waals surface area (Å²) in [5.41, 5.74) is 3.16. The Bertz CT molecular complexity index is 949. The average Bonchev–Trinajstić information content (AvgIpc) is 2.95. The van der Waals surface area contributed by atoms with E-state index in [2.05, 4.69) is 22.0 Å². The number of hydrogen-bond donors (Lipinski definition) is 0. The molecule has 2 aliphatic rings. The van der Waals surface area contributed by atoms with E-state index in [-0.39, 0.29) is 12.5 Å². The Morgan fingerprint density at radius 3 is 2.84 bits per heavy atom. The fourth-order valence-electron chi connectivity index (χ4n) is 4.11. The molecule has 6 nitrogen and oxygen atoms in total. The minimum absolute atomic E-state index is 0.00264. The summed E-state index contributed by atoms with van der Waals surface area (Å²) in [7, 11) is 3.46. The van der Waals surface area contributed by atoms with E-state index in [0.29, 0.717) is 18.1 Å². The van der Waals surface area contributed by atoms with Gasteiger partial charge in [0.05, 0.1) is 0 Å². The lowest BCUT2D eigenvalue weighted by Gasteiger charge is -2.25. The fourth-order valence-corrected chi connectivity index (χ4v) is 4.11. The van der Waals surface area contributed by atoms with Crippen LogP contribution in [0.25, 0.3) is 5.57 Å². The van der Waals surface area contributed by atoms with E-state index in [1.54, 1.807) is 20.3 Å². The molecule has 0 atom stereocenters. The van der Waals surface area contributed by atoms with Crippen molar-refractivity contribution < 1.29 is 14.3 Å². The van der Waals surface area contributed by atoms with Crippen molar-refractivity contribution in [1.82, 2.24) is 14.8 Å². The fraction of sp³-hybridized carbons (Fsp3) is 0.440. The van der Waals surface area contributed by atoms with Crippen molar-refractivity contribution in [3.63, 3.8) is 0 Å². The lowest BCUT2D eigenvalue weighted by Crippen LogP contribution is -2.30. The van der Waals surface area contributed by atoms with Crippen LogP contribution >= 0.6 is 0 Å². The summed E-state index contributed by atoms with van der Waals surface area (Å²) in [5, 5.41) is 0. The number of ether oxygens (including phenoxy) is 2. The van der Waals surface area contributed by atoms with E-state index >= 15 is 0 Å². The van der Waals surface area contributed by atoms with E-state index in [1.807, 2.05) is 24.3 Å². The first-order valence-electron chi connectivity index (χ1n) is 11.1. The first-order valence-corrected chi connectivity index (χ1v) is 11.1. The molecule has 1 aromatic heterocycles. The van der Waals surface area contributed by atoms with Gasteiger partial charge in [-0.05, 0) is 62.2 Å². The Labute approximate surface area is 184 Å². The van der Waals surface area contributed by atoms with Crippen molar-refractivity contribution >= 4 is 11.5 Å². The van der Waals surface area contributed by atoms with Gasteiger partial charge < -0.3 is 19.3 Å². The summed E-state index contributed by atoms with van der Waals surface area (Å²) >= 11 is 0. The van der Waals surface area contributed by atoms with Crippen molar-refractivity contribution in [1.29, 1.82) is 0 Å². The third-order valence-electron chi connectivity index (χ3n) is 5.92. The van der Waals surface area contributed by atoms with Crippen LogP contribution in [0.2, 0.25) is 0 Å². The molecule has 1 aromatic carbocycles. The van der Waals surface area contributed by atoms with Crippen molar-refractivity contribution in [2.45, 2.75) is 32.1 Å². The standard InChI is InChI=1S/C25H31N3O3/c1-27(2)24(29)18-30-22-11-6-12-23-21(22)17-19(20-10-7-13-26-25(20)31-23)9-8-16-28-14-4-3-5-15-28/h6-7,9-13H,3-5,8,14-18H2,1-2H3/b19-9-. The van der Waals surface area contributed by atoms with Crippen LogP contribution < -0.4 is 9.47 Å². The molecular weight excluding hydrogens is 390 g/mol. The molecule has 0 radical (unpaired) electrons. The van der Waals surface area contributed by atoms with Crippen LogP contribution in [0.1, 0.15) is 36.8 Å². The van der Waals surface area contributed by atoms with Crippen LogP contribution in [0.15, 0.2) is 42.6 Å². The minimum Gasteiger partial charge on any atom is -0.483 e. The van der Waals surface area contributed by atoms with Gasteiger partial charge in [0.1, 0.15) is 11.5 Å². The second kappa shape index (κ2) is 9.96. The Morgan fingerprint density at radius 1 is 1.19 bits per heavy atom. The monoisotopic (exact) mass is 421 g/mol. The van der Waals surface area contributed by atoms with Gasteiger partial charge in [0.25, 0.3) is 5.91 Å². The van der Waals surface area contributed by atoms with Gasteiger partial charge in [0.2, 0.25) is 5.88 Å². The molecule has 3 heterocycles. The van der Waals surface area contributed by atoms with Crippen LogP contribution in [-0.2, 0) is 11.2 Å². The van der Waals surface area contributed by atoms with Crippen LogP contribution in [0, 0.1) is 0 Å². The number of piperidine rings is 1. The van der Waals surface area contributed by atoms with E-state index in [9.17, 15) is 4.79 Å². The van der Waals surface area contributed by atoms with Gasteiger partial charge in [-0.3, -0.25) is 4.79 Å². The number of likely N-dealkylation sites (tertiary alicyclic amines) is 1. The molecule has 0 N–H and O–H groups in total. The second-order valence-corrected chi connectivity index (χ2v) is 8.36. The van der Waals surface area contributed by atoms with Gasteiger partial charge in [-0.2, -0.15) is 0 Å². The molecule has 4 rings (SSSR count). The molecular formula is C25H31N3O3. The molecule has 31 heavy (non-hydrogen) atoms. The number of fused-ring (bicyclic) bond motifs is 2. The average molecular weight is 422 g/mol. The molecule has 1 amide bonds. The van der Waals surface area contributed by atoms with Crippen molar-refractivity contribution in [3.05, 3.63) is 53.7 Å². The summed E-state index contributed by atoms with van der Waals surface area (Å²) in [6.45, 7) is 3.47. The van der Waals surface area contributed by atoms with Gasteiger partial charge in [-0.15, -0.1) is 0 Å². The highest BCUT2D eigenvalue weighted by atomic mass is 16.5. The molecule has 2 aromatic rings. The van der Waals surface area contributed by atoms with Gasteiger partial charge >= 0.3 is 0 Å². The largest absolute Gasteiger partial charge is 0.483 e. The first kappa shape index (κ1) is 21.4. The Hall–Kier alpha value is -2.86. The number of nitrogens with zero attached hydrogens (tertiary/aromatic N) is 3. The van der Waals surface area contributed by atoms with E-state index in [0.717, 1.165) is 29.8 Å². The highest BCUT2D eigenvalue weighted by Gasteiger charge is 2.23. The highest BCUT2D eigenvalue weighted by molar-refractivity contribution is 5.78. The lowest BCUT2D eigenvalue weighted by atomic mass is 9.97. The summed E-state index contributed by atoms with van der Waals surface area (Å²) in [6, 6.07) is 9.74. The van der Waals surface area contributed by atoms with Crippen molar-refractivity contribution in [2.75, 3.05) is 40.3 Å². The highest BCUT2D eigenvalue weighted by Crippen LogP contribution is 2.41. The predicted octanol–water partition coefficient (Wildman–Crippen LogP) is 4.16. The number of rotatable bonds is 6. The predicted molar refractivity (Wildman–Crippen MR) is 122 cm³/mol. The normalized spacial score (nSPS) is 17.3. The summed E-state index contributed by atoms with van der Waals surface area (Å²) in [4.78, 5) is 20.6. The maximum absolute atomic E-state index is 12.0. The van der Waals surface area contributed by atoms with Crippen molar-refractivity contribution in [2.24, 2.45) is 0 Å². The smallest absolute Gasteiger partial charge is 0.259 e. The Balaban J connectivity index is 1.58. The lowest BCUT2D eigenvalue weighted by molar-refractivity contribution is -0.130. The molecule has 0 aliphatic carbocycles. The number of aromatic nitrogens is 1. The number of carbonyl (C=O) groups excluding carboxylic acids is 1. The topological polar surface area (TPSA) is 54.9 Å². The number of hydrogen-bond acceptors (Lipinski definition) is 5. The zero-order chi connectivity index (χ0) is 21.6. The number of pyridine rings is 1. The van der Waals surface area contributed by atoms with Crippen molar-refractivity contribution in [3.8, 4) is 17.4 Å². The van der Waals surface area contributed by atoms with E-state index in [4.69, 9.17) is 9.47 Å². The maximum Gasteiger partial charge on any atom is 0.259 e. The molecule has 1 saturated heterocycles. The van der Waals surface area contributed by atoms with E-state index < -0.39 is 0 Å². The van der Waals surface area contributed by atoms with Gasteiger partial charge in [0.15, 0.2) is 6.61 Å². The zero-order valence-corrected chi connectivity index (χ0v) is 18.5. The number of benzene rings is 1. The zero-order valence-electron chi connectivity index (χ0n) is 18.5. The molecule has 0 bridgehead atoms. The van der Waals surface area contributed by atoms with Crippen LogP contribution in [0.3, 0.4) is 0 Å². The molecule has 164 valence electrons. The van der Waals surface area contributed by atoms with Crippen LogP contribution in [-0.4, -0.2) is 61.0 Å². The maximum atomic E-state index is 12.0. The molecule has 2 aliphatic heterocycles. The van der Waals surface area contributed by atoms with Gasteiger partial charge in [-0.25, -0.2) is 4.98 Å². The SMILES string of the molecule is CN(C)C(=O)COc1cccc2c1C/C(=C/CCN1CCCCC1)c1cccnc1O2. The molecule has 0 saturated carbocycles. The molecule has 6 heteroatoms. The molecule has 0 spiro atoms. The Morgan fingerprint density at radius 2 is 2.03 bits per heavy atom. The Kier molecular flexibility index (Phi) is 6.87. The number of amides is 1. The quantitative estimate of drug-likeness (QED) is 0.701. The number of likely N-dealkylation sites (N-methyl/N-ethyl adjacent to an activating group) is 1. The summed E-state index contributed by atoms with van der Waals surface area (Å²) < 4.78 is 12.1.